The second-order valence-corrected chi connectivity index (χ2v) is 6.49. The molecule has 1 atom stereocenters. The van der Waals surface area contributed by atoms with E-state index in [1.807, 2.05) is 0 Å². The summed E-state index contributed by atoms with van der Waals surface area (Å²) < 4.78 is 5.19. The molecule has 0 saturated carbocycles. The van der Waals surface area contributed by atoms with Crippen LogP contribution in [0.15, 0.2) is 18.2 Å². The third kappa shape index (κ3) is 3.50. The average molecular weight is 380 g/mol. The van der Waals surface area contributed by atoms with Crippen molar-refractivity contribution >= 4 is 41.1 Å². The minimum absolute atomic E-state index is 0.0546. The maximum absolute atomic E-state index is 12.4. The van der Waals surface area contributed by atoms with Gasteiger partial charge in [-0.05, 0) is 31.5 Å². The first-order chi connectivity index (χ1) is 12.4. The van der Waals surface area contributed by atoms with E-state index in [1.54, 1.807) is 0 Å². The van der Waals surface area contributed by atoms with Gasteiger partial charge in [-0.15, -0.1) is 0 Å². The van der Waals surface area contributed by atoms with Crippen molar-refractivity contribution in [2.75, 3.05) is 24.5 Å². The number of amides is 4. The van der Waals surface area contributed by atoms with E-state index in [1.165, 1.54) is 30.0 Å². The maximum atomic E-state index is 12.4. The third-order valence-electron chi connectivity index (χ3n) is 4.30. The SMILES string of the molecule is C[C@H](OC(=O)c1ccc(Cl)c(N2CCCC2=O)c1)C(=O)N1CCNC1=O. The van der Waals surface area contributed by atoms with E-state index in [2.05, 4.69) is 5.32 Å². The summed E-state index contributed by atoms with van der Waals surface area (Å²) in [5.41, 5.74) is 0.621. The van der Waals surface area contributed by atoms with E-state index < -0.39 is 24.0 Å². The van der Waals surface area contributed by atoms with Gasteiger partial charge in [0.05, 0.1) is 16.3 Å². The zero-order valence-corrected chi connectivity index (χ0v) is 14.9. The highest BCUT2D eigenvalue weighted by molar-refractivity contribution is 6.34. The molecule has 0 radical (unpaired) electrons. The summed E-state index contributed by atoms with van der Waals surface area (Å²) in [6.07, 6.45) is 0.0562. The molecule has 0 bridgehead atoms. The largest absolute Gasteiger partial charge is 0.449 e. The Morgan fingerprint density at radius 2 is 2.04 bits per heavy atom. The van der Waals surface area contributed by atoms with Gasteiger partial charge in [-0.2, -0.15) is 0 Å². The predicted octanol–water partition coefficient (Wildman–Crippen LogP) is 1.56. The fourth-order valence-electron chi connectivity index (χ4n) is 2.93. The number of rotatable bonds is 4. The number of halogens is 1. The normalized spacial score (nSPS) is 18.1. The Morgan fingerprint density at radius 3 is 2.65 bits per heavy atom. The number of ether oxygens (including phenoxy) is 1. The Bertz CT molecular complexity index is 782. The van der Waals surface area contributed by atoms with Crippen LogP contribution in [0, 0.1) is 0 Å². The number of anilines is 1. The molecule has 2 saturated heterocycles. The Hall–Kier alpha value is -2.61. The molecule has 4 amide bonds. The van der Waals surface area contributed by atoms with Crippen LogP contribution in [0.25, 0.3) is 0 Å². The molecule has 0 aliphatic carbocycles. The van der Waals surface area contributed by atoms with E-state index in [-0.39, 0.29) is 18.0 Å². The van der Waals surface area contributed by atoms with Crippen LogP contribution in [-0.4, -0.2) is 54.5 Å². The fraction of sp³-hybridized carbons (Fsp3) is 0.412. The summed E-state index contributed by atoms with van der Waals surface area (Å²) in [4.78, 5) is 50.6. The van der Waals surface area contributed by atoms with Gasteiger partial charge in [-0.3, -0.25) is 14.5 Å². The van der Waals surface area contributed by atoms with Crippen LogP contribution >= 0.6 is 11.6 Å². The second kappa shape index (κ2) is 7.33. The second-order valence-electron chi connectivity index (χ2n) is 6.08. The molecule has 3 rings (SSSR count). The summed E-state index contributed by atoms with van der Waals surface area (Å²) in [6, 6.07) is 3.96. The van der Waals surface area contributed by atoms with E-state index in [4.69, 9.17) is 16.3 Å². The molecule has 1 aromatic rings. The van der Waals surface area contributed by atoms with Gasteiger partial charge in [-0.1, -0.05) is 11.6 Å². The number of imide groups is 1. The monoisotopic (exact) mass is 379 g/mol. The number of carbonyl (C=O) groups is 4. The van der Waals surface area contributed by atoms with Gasteiger partial charge in [0.15, 0.2) is 6.10 Å². The lowest BCUT2D eigenvalue weighted by molar-refractivity contribution is -0.136. The molecule has 8 nitrogen and oxygen atoms in total. The van der Waals surface area contributed by atoms with Gasteiger partial charge >= 0.3 is 12.0 Å². The molecule has 2 fully saturated rings. The number of urea groups is 1. The molecule has 0 unspecified atom stereocenters. The smallest absolute Gasteiger partial charge is 0.338 e. The first-order valence-electron chi connectivity index (χ1n) is 8.28. The Balaban J connectivity index is 1.72. The van der Waals surface area contributed by atoms with Crippen molar-refractivity contribution in [3.05, 3.63) is 28.8 Å². The summed E-state index contributed by atoms with van der Waals surface area (Å²) in [5, 5.41) is 2.87. The number of nitrogens with zero attached hydrogens (tertiary/aromatic N) is 2. The summed E-state index contributed by atoms with van der Waals surface area (Å²) in [7, 11) is 0. The van der Waals surface area contributed by atoms with Gasteiger partial charge in [0.1, 0.15) is 0 Å². The van der Waals surface area contributed by atoms with Crippen LogP contribution in [-0.2, 0) is 14.3 Å². The van der Waals surface area contributed by atoms with Crippen molar-refractivity contribution in [1.82, 2.24) is 10.2 Å². The molecule has 0 spiro atoms. The minimum atomic E-state index is -1.11. The zero-order valence-electron chi connectivity index (χ0n) is 14.2. The summed E-state index contributed by atoms with van der Waals surface area (Å²) >= 11 is 6.15. The van der Waals surface area contributed by atoms with Gasteiger partial charge in [0, 0.05) is 26.1 Å². The molecule has 2 heterocycles. The lowest BCUT2D eigenvalue weighted by Crippen LogP contribution is -2.41. The molecule has 1 aromatic carbocycles. The molecule has 26 heavy (non-hydrogen) atoms. The highest BCUT2D eigenvalue weighted by Crippen LogP contribution is 2.30. The molecule has 2 aliphatic rings. The minimum Gasteiger partial charge on any atom is -0.449 e. The van der Waals surface area contributed by atoms with Crippen LogP contribution in [0.2, 0.25) is 5.02 Å². The molecule has 2 aliphatic heterocycles. The molecule has 1 N–H and O–H groups in total. The van der Waals surface area contributed by atoms with E-state index in [0.29, 0.717) is 30.2 Å². The first-order valence-corrected chi connectivity index (χ1v) is 8.66. The van der Waals surface area contributed by atoms with Crippen LogP contribution in [0.3, 0.4) is 0 Å². The van der Waals surface area contributed by atoms with E-state index in [0.717, 1.165) is 11.3 Å². The summed E-state index contributed by atoms with van der Waals surface area (Å²) in [5.74, 6) is -1.37. The van der Waals surface area contributed by atoms with E-state index >= 15 is 0 Å². The number of nitrogens with one attached hydrogen (secondary N) is 1. The zero-order chi connectivity index (χ0) is 18.8. The third-order valence-corrected chi connectivity index (χ3v) is 4.62. The average Bonchev–Trinajstić information content (AvgIpc) is 3.22. The van der Waals surface area contributed by atoms with E-state index in [9.17, 15) is 19.2 Å². The van der Waals surface area contributed by atoms with Gasteiger partial charge < -0.3 is 15.0 Å². The van der Waals surface area contributed by atoms with Crippen LogP contribution in [0.5, 0.6) is 0 Å². The summed E-state index contributed by atoms with van der Waals surface area (Å²) in [6.45, 7) is 2.56. The molecule has 9 heteroatoms. The quantitative estimate of drug-likeness (QED) is 0.801. The Morgan fingerprint density at radius 1 is 1.27 bits per heavy atom. The van der Waals surface area contributed by atoms with Crippen molar-refractivity contribution in [1.29, 1.82) is 0 Å². The topological polar surface area (TPSA) is 96.0 Å². The van der Waals surface area contributed by atoms with Crippen LogP contribution in [0.1, 0.15) is 30.1 Å². The number of carbonyl (C=O) groups excluding carboxylic acids is 4. The number of hydrogen-bond donors (Lipinski definition) is 1. The highest BCUT2D eigenvalue weighted by Gasteiger charge is 2.32. The molecular weight excluding hydrogens is 362 g/mol. The highest BCUT2D eigenvalue weighted by atomic mass is 35.5. The predicted molar refractivity (Wildman–Crippen MR) is 93.0 cm³/mol. The van der Waals surface area contributed by atoms with Crippen molar-refractivity contribution in [3.8, 4) is 0 Å². The standard InChI is InChI=1S/C17H18ClN3O5/c1-10(15(23)21-8-6-19-17(21)25)26-16(24)11-4-5-12(18)13(9-11)20-7-2-3-14(20)22/h4-5,9-10H,2-3,6-8H2,1H3,(H,19,25)/t10-/m0/s1. The van der Waals surface area contributed by atoms with Crippen molar-refractivity contribution in [3.63, 3.8) is 0 Å². The Kier molecular flexibility index (Phi) is 5.13. The van der Waals surface area contributed by atoms with Crippen molar-refractivity contribution < 1.29 is 23.9 Å². The van der Waals surface area contributed by atoms with Crippen LogP contribution < -0.4 is 10.2 Å². The fourth-order valence-corrected chi connectivity index (χ4v) is 3.15. The maximum Gasteiger partial charge on any atom is 0.338 e. The molecule has 0 aromatic heterocycles. The van der Waals surface area contributed by atoms with Crippen molar-refractivity contribution in [2.24, 2.45) is 0 Å². The molecule has 138 valence electrons. The Labute approximate surface area is 155 Å². The van der Waals surface area contributed by atoms with Gasteiger partial charge in [-0.25, -0.2) is 9.59 Å². The first kappa shape index (κ1) is 18.2. The number of hydrogen-bond acceptors (Lipinski definition) is 5. The number of benzene rings is 1. The molecular formula is C17H18ClN3O5. The van der Waals surface area contributed by atoms with Gasteiger partial charge in [0.25, 0.3) is 5.91 Å². The van der Waals surface area contributed by atoms with Gasteiger partial charge in [0.2, 0.25) is 5.91 Å². The van der Waals surface area contributed by atoms with Crippen LogP contribution in [0.4, 0.5) is 10.5 Å². The van der Waals surface area contributed by atoms with Crippen molar-refractivity contribution in [2.45, 2.75) is 25.9 Å². The lowest BCUT2D eigenvalue weighted by atomic mass is 10.2. The number of esters is 1. The lowest BCUT2D eigenvalue weighted by Gasteiger charge is -2.20.